The predicted octanol–water partition coefficient (Wildman–Crippen LogP) is 2.90. The smallest absolute Gasteiger partial charge is 0.0797 e. The second-order valence-corrected chi connectivity index (χ2v) is 3.61. The zero-order chi connectivity index (χ0) is 7.52. The summed E-state index contributed by atoms with van der Waals surface area (Å²) >= 11 is 1.72. The van der Waals surface area contributed by atoms with Crippen molar-refractivity contribution in [2.75, 3.05) is 0 Å². The van der Waals surface area contributed by atoms with Crippen LogP contribution in [0.3, 0.4) is 0 Å². The molecule has 0 unspecified atom stereocenters. The maximum Gasteiger partial charge on any atom is 0.0797 e. The summed E-state index contributed by atoms with van der Waals surface area (Å²) in [5, 5.41) is 0. The third kappa shape index (κ3) is 1.51. The molecule has 2 heteroatoms. The van der Waals surface area contributed by atoms with Gasteiger partial charge >= 0.3 is 0 Å². The minimum atomic E-state index is 1.13. The molecule has 0 fully saturated rings. The summed E-state index contributed by atoms with van der Waals surface area (Å²) < 4.78 is 0. The van der Waals surface area contributed by atoms with E-state index in [1.165, 1.54) is 29.7 Å². The zero-order valence-electron chi connectivity index (χ0n) is 6.34. The van der Waals surface area contributed by atoms with Gasteiger partial charge in [-0.25, -0.2) is 0 Å². The molecule has 57 valence electrons. The fourth-order valence-corrected chi connectivity index (χ4v) is 2.00. The van der Waals surface area contributed by atoms with E-state index < -0.39 is 0 Å². The molecule has 0 spiro atoms. The lowest BCUT2D eigenvalue weighted by Gasteiger charge is -2.08. The number of nitrogens with zero attached hydrogens (tertiary/aromatic N) is 1. The van der Waals surface area contributed by atoms with Crippen LogP contribution < -0.4 is 0 Å². The topological polar surface area (TPSA) is 12.9 Å². The molecule has 0 bridgehead atoms. The van der Waals surface area contributed by atoms with Gasteiger partial charge in [-0.05, 0) is 37.3 Å². The van der Waals surface area contributed by atoms with Gasteiger partial charge in [0, 0.05) is 6.20 Å². The van der Waals surface area contributed by atoms with E-state index in [9.17, 15) is 0 Å². The summed E-state index contributed by atoms with van der Waals surface area (Å²) in [6.07, 6.45) is 10.3. The van der Waals surface area contributed by atoms with Gasteiger partial charge in [0.2, 0.25) is 0 Å². The number of hydrogen-bond acceptors (Lipinski definition) is 2. The van der Waals surface area contributed by atoms with Gasteiger partial charge in [0.1, 0.15) is 0 Å². The molecule has 0 atom stereocenters. The van der Waals surface area contributed by atoms with E-state index in [-0.39, 0.29) is 0 Å². The minimum Gasteiger partial charge on any atom is -0.253 e. The molecule has 0 saturated carbocycles. The fraction of sp³-hybridized carbons (Fsp3) is 0.444. The molecule has 1 heterocycles. The molecule has 2 rings (SSSR count). The third-order valence-corrected chi connectivity index (χ3v) is 2.75. The molecule has 1 radical (unpaired) electrons. The summed E-state index contributed by atoms with van der Waals surface area (Å²) in [7, 11) is 0. The summed E-state index contributed by atoms with van der Waals surface area (Å²) in [4.78, 5) is 5.36. The van der Waals surface area contributed by atoms with E-state index in [0.29, 0.717) is 0 Å². The molecule has 0 amide bonds. The Morgan fingerprint density at radius 1 is 1.45 bits per heavy atom. The van der Waals surface area contributed by atoms with Crippen LogP contribution >= 0.6 is 11.3 Å². The van der Waals surface area contributed by atoms with Crippen molar-refractivity contribution in [3.63, 3.8) is 0 Å². The van der Waals surface area contributed by atoms with E-state index in [2.05, 4.69) is 11.1 Å². The van der Waals surface area contributed by atoms with Crippen LogP contribution in [0.5, 0.6) is 0 Å². The summed E-state index contributed by atoms with van der Waals surface area (Å²) in [5.41, 5.74) is 3.28. The molecule has 1 aromatic rings. The number of thiazole rings is 1. The highest BCUT2D eigenvalue weighted by molar-refractivity contribution is 7.10. The Morgan fingerprint density at radius 2 is 2.45 bits per heavy atom. The van der Waals surface area contributed by atoms with E-state index >= 15 is 0 Å². The van der Waals surface area contributed by atoms with Gasteiger partial charge in [-0.2, -0.15) is 0 Å². The van der Waals surface area contributed by atoms with Gasteiger partial charge in [0.15, 0.2) is 0 Å². The molecule has 11 heavy (non-hydrogen) atoms. The highest BCUT2D eigenvalue weighted by Gasteiger charge is 2.06. The Bertz CT molecular complexity index is 249. The van der Waals surface area contributed by atoms with Crippen LogP contribution in [0.4, 0.5) is 0 Å². The average Bonchev–Trinajstić information content (AvgIpc) is 2.58. The molecule has 1 aromatic heterocycles. The highest BCUT2D eigenvalue weighted by Crippen LogP contribution is 2.27. The van der Waals surface area contributed by atoms with Crippen molar-refractivity contribution in [3.05, 3.63) is 22.7 Å². The first-order valence-electron chi connectivity index (χ1n) is 3.95. The Hall–Kier alpha value is -0.630. The van der Waals surface area contributed by atoms with Gasteiger partial charge < -0.3 is 0 Å². The van der Waals surface area contributed by atoms with Crippen LogP contribution in [0.2, 0.25) is 0 Å². The van der Waals surface area contributed by atoms with E-state index in [4.69, 9.17) is 0 Å². The predicted molar refractivity (Wildman–Crippen MR) is 47.2 cm³/mol. The van der Waals surface area contributed by atoms with Crippen molar-refractivity contribution >= 4 is 16.9 Å². The number of aromatic nitrogens is 1. The van der Waals surface area contributed by atoms with Crippen molar-refractivity contribution in [1.82, 2.24) is 4.98 Å². The molecule has 0 aromatic carbocycles. The Balaban J connectivity index is 2.22. The molecule has 1 aliphatic carbocycles. The van der Waals surface area contributed by atoms with Gasteiger partial charge in [0.25, 0.3) is 0 Å². The van der Waals surface area contributed by atoms with Gasteiger partial charge in [0.05, 0.1) is 10.4 Å². The highest BCUT2D eigenvalue weighted by atomic mass is 32.1. The Labute approximate surface area is 70.8 Å². The molecular weight excluding hydrogens is 154 g/mol. The number of allylic oxidation sites excluding steroid dienone is 2. The van der Waals surface area contributed by atoms with Crippen LogP contribution in [0.15, 0.2) is 11.7 Å². The lowest BCUT2D eigenvalue weighted by Crippen LogP contribution is -1.89. The van der Waals surface area contributed by atoms with Crippen molar-refractivity contribution < 1.29 is 0 Å². The van der Waals surface area contributed by atoms with Crippen molar-refractivity contribution in [2.45, 2.75) is 25.7 Å². The molecule has 1 aliphatic rings. The summed E-state index contributed by atoms with van der Waals surface area (Å²) in [5.74, 6) is 0. The molecule has 0 N–H and O–H groups in total. The maximum absolute atomic E-state index is 4.06. The van der Waals surface area contributed by atoms with E-state index in [0.717, 1.165) is 6.42 Å². The molecule has 1 nitrogen and oxygen atoms in total. The third-order valence-electron chi connectivity index (χ3n) is 1.92. The van der Waals surface area contributed by atoms with Crippen molar-refractivity contribution in [3.8, 4) is 0 Å². The standard InChI is InChI=1S/C9H10NS/c1-2-4-8(5-3-1)9-6-10-7-11-9/h6-7H,1-4H2. The quantitative estimate of drug-likeness (QED) is 0.622. The molecular formula is C9H10NS. The van der Waals surface area contributed by atoms with Crippen LogP contribution in [-0.4, -0.2) is 4.98 Å². The Morgan fingerprint density at radius 3 is 3.09 bits per heavy atom. The van der Waals surface area contributed by atoms with Crippen LogP contribution in [0.25, 0.3) is 5.57 Å². The average molecular weight is 164 g/mol. The van der Waals surface area contributed by atoms with Crippen molar-refractivity contribution in [1.29, 1.82) is 0 Å². The number of hydrogen-bond donors (Lipinski definition) is 0. The zero-order valence-corrected chi connectivity index (χ0v) is 7.16. The molecule has 0 aliphatic heterocycles. The van der Waals surface area contributed by atoms with Gasteiger partial charge in [-0.3, -0.25) is 4.98 Å². The minimum absolute atomic E-state index is 1.13. The van der Waals surface area contributed by atoms with Gasteiger partial charge in [-0.1, -0.05) is 0 Å². The van der Waals surface area contributed by atoms with Crippen LogP contribution in [0, 0.1) is 6.08 Å². The monoisotopic (exact) mass is 164 g/mol. The lowest BCUT2D eigenvalue weighted by atomic mass is 9.99. The van der Waals surface area contributed by atoms with Gasteiger partial charge in [-0.15, -0.1) is 11.3 Å². The summed E-state index contributed by atoms with van der Waals surface area (Å²) in [6, 6.07) is 0. The first-order chi connectivity index (χ1) is 5.47. The lowest BCUT2D eigenvalue weighted by molar-refractivity contribution is 0.731. The summed E-state index contributed by atoms with van der Waals surface area (Å²) in [6.45, 7) is 0. The van der Waals surface area contributed by atoms with E-state index in [1.54, 1.807) is 11.3 Å². The largest absolute Gasteiger partial charge is 0.253 e. The maximum atomic E-state index is 4.06. The first kappa shape index (κ1) is 7.04. The van der Waals surface area contributed by atoms with Crippen LogP contribution in [-0.2, 0) is 0 Å². The van der Waals surface area contributed by atoms with E-state index in [1.807, 2.05) is 11.7 Å². The fourth-order valence-electron chi connectivity index (χ4n) is 1.33. The normalized spacial score (nSPS) is 18.0. The second kappa shape index (κ2) is 3.18. The van der Waals surface area contributed by atoms with Crippen LogP contribution in [0.1, 0.15) is 30.6 Å². The van der Waals surface area contributed by atoms with Crippen molar-refractivity contribution in [2.24, 2.45) is 0 Å². The first-order valence-corrected chi connectivity index (χ1v) is 4.83. The second-order valence-electron chi connectivity index (χ2n) is 2.73. The number of rotatable bonds is 1. The molecule has 0 saturated heterocycles. The Kier molecular flexibility index (Phi) is 2.04. The SMILES string of the molecule is [C]1=C(c2cncs2)CCCC1.